The van der Waals surface area contributed by atoms with Gasteiger partial charge in [0.25, 0.3) is 5.91 Å². The van der Waals surface area contributed by atoms with Crippen LogP contribution in [0, 0.1) is 0 Å². The number of phenols is 1. The highest BCUT2D eigenvalue weighted by molar-refractivity contribution is 9.10. The van der Waals surface area contributed by atoms with Crippen LogP contribution >= 0.6 is 15.9 Å². The van der Waals surface area contributed by atoms with Crippen LogP contribution < -0.4 is 15.1 Å². The van der Waals surface area contributed by atoms with Crippen LogP contribution in [-0.4, -0.2) is 44.0 Å². The average Bonchev–Trinajstić information content (AvgIpc) is 2.53. The molecule has 0 unspecified atom stereocenters. The van der Waals surface area contributed by atoms with E-state index in [9.17, 15) is 9.90 Å². The van der Waals surface area contributed by atoms with Gasteiger partial charge in [-0.25, -0.2) is 5.43 Å². The van der Waals surface area contributed by atoms with Crippen LogP contribution in [0.3, 0.4) is 0 Å². The Hall–Kier alpha value is -1.60. The highest BCUT2D eigenvalue weighted by atomic mass is 79.9. The summed E-state index contributed by atoms with van der Waals surface area (Å²) >= 11 is 3.26. The van der Waals surface area contributed by atoms with Gasteiger partial charge in [0.15, 0.2) is 18.0 Å². The molecule has 1 aromatic carbocycles. The molecule has 1 heterocycles. The summed E-state index contributed by atoms with van der Waals surface area (Å²) in [6.45, 7) is 2.57. The summed E-state index contributed by atoms with van der Waals surface area (Å²) in [5.41, 5.74) is 3.30. The number of carbonyl (C=O) groups excluding carboxylic acids is 1. The summed E-state index contributed by atoms with van der Waals surface area (Å²) in [6, 6.07) is 3.36. The predicted molar refractivity (Wildman–Crippen MR) is 96.7 cm³/mol. The second-order valence-electron chi connectivity index (χ2n) is 6.04. The van der Waals surface area contributed by atoms with Crippen molar-refractivity contribution in [1.82, 2.24) is 5.43 Å². The van der Waals surface area contributed by atoms with Gasteiger partial charge in [-0.15, -0.1) is 0 Å². The van der Waals surface area contributed by atoms with E-state index >= 15 is 0 Å². The Balaban J connectivity index is 1.86. The third-order valence-electron chi connectivity index (χ3n) is 4.14. The molecule has 1 saturated heterocycles. The normalized spacial score (nSPS) is 16.6. The zero-order chi connectivity index (χ0) is 17.4. The molecule has 1 fully saturated rings. The summed E-state index contributed by atoms with van der Waals surface area (Å²) in [5, 5.41) is 13.8. The van der Waals surface area contributed by atoms with Gasteiger partial charge in [-0.1, -0.05) is 6.42 Å². The van der Waals surface area contributed by atoms with Crippen molar-refractivity contribution in [3.63, 3.8) is 0 Å². The van der Waals surface area contributed by atoms with Crippen LogP contribution in [0.5, 0.6) is 11.5 Å². The Bertz CT molecular complexity index is 585. The number of nitrogens with zero attached hydrogens (tertiary/aromatic N) is 1. The minimum Gasteiger partial charge on any atom is -0.503 e. The van der Waals surface area contributed by atoms with Crippen molar-refractivity contribution < 1.29 is 19.5 Å². The molecule has 24 heavy (non-hydrogen) atoms. The number of amides is 1. The molecule has 7 heteroatoms. The monoisotopic (exact) mass is 398 g/mol. The second kappa shape index (κ2) is 9.64. The Kier molecular flexibility index (Phi) is 7.52. The number of ether oxygens (including phenoxy) is 1. The van der Waals surface area contributed by atoms with Gasteiger partial charge >= 0.3 is 0 Å². The molecule has 0 aliphatic carbocycles. The Morgan fingerprint density at radius 3 is 2.67 bits per heavy atom. The highest BCUT2D eigenvalue weighted by Crippen LogP contribution is 2.34. The molecule has 132 valence electrons. The van der Waals surface area contributed by atoms with Gasteiger partial charge < -0.3 is 14.7 Å². The van der Waals surface area contributed by atoms with Crippen molar-refractivity contribution in [3.05, 3.63) is 22.2 Å². The van der Waals surface area contributed by atoms with E-state index < -0.39 is 0 Å². The molecule has 0 bridgehead atoms. The van der Waals surface area contributed by atoms with Crippen molar-refractivity contribution in [3.8, 4) is 11.5 Å². The number of rotatable bonds is 5. The molecule has 0 spiro atoms. The standard InChI is InChI=1S/C17H24BrN3O3/c1-24-15-10-13(9-14(18)17(15)23)11-19-20-16(22)12-21-7-5-3-2-4-6-8-21/h9-11,23H,2-8,12H2,1H3,(H,20,22)/p+1/b19-11+. The molecule has 2 rings (SSSR count). The molecule has 1 aliphatic rings. The lowest BCUT2D eigenvalue weighted by molar-refractivity contribution is -0.893. The van der Waals surface area contributed by atoms with Crippen LogP contribution in [0.25, 0.3) is 0 Å². The van der Waals surface area contributed by atoms with Crippen LogP contribution in [0.4, 0.5) is 0 Å². The number of likely N-dealkylation sites (tertiary alicyclic amines) is 1. The Labute approximate surface area is 151 Å². The molecular formula is C17H25BrN3O3+. The number of halogens is 1. The van der Waals surface area contributed by atoms with Crippen molar-refractivity contribution in [2.75, 3.05) is 26.7 Å². The molecule has 3 N–H and O–H groups in total. The number of benzene rings is 1. The first-order valence-electron chi connectivity index (χ1n) is 8.32. The predicted octanol–water partition coefficient (Wildman–Crippen LogP) is 1.46. The number of nitrogens with one attached hydrogen (secondary N) is 2. The maximum absolute atomic E-state index is 12.0. The minimum absolute atomic E-state index is 0.0411. The number of phenolic OH excluding ortho intramolecular Hbond substituents is 1. The number of methoxy groups -OCH3 is 1. The lowest BCUT2D eigenvalue weighted by Gasteiger charge is -2.20. The zero-order valence-electron chi connectivity index (χ0n) is 14.0. The van der Waals surface area contributed by atoms with Crippen LogP contribution in [0.2, 0.25) is 0 Å². The van der Waals surface area contributed by atoms with E-state index in [1.165, 1.54) is 50.3 Å². The number of carbonyl (C=O) groups is 1. The summed E-state index contributed by atoms with van der Waals surface area (Å²) in [7, 11) is 1.48. The van der Waals surface area contributed by atoms with E-state index in [0.29, 0.717) is 16.8 Å². The van der Waals surface area contributed by atoms with Gasteiger partial charge in [-0.05, 0) is 59.3 Å². The Morgan fingerprint density at radius 2 is 2.00 bits per heavy atom. The third-order valence-corrected chi connectivity index (χ3v) is 4.75. The quantitative estimate of drug-likeness (QED) is 0.519. The average molecular weight is 399 g/mol. The molecule has 1 aromatic rings. The first-order valence-corrected chi connectivity index (χ1v) is 9.11. The number of hydrogen-bond acceptors (Lipinski definition) is 4. The Morgan fingerprint density at radius 1 is 1.33 bits per heavy atom. The van der Waals surface area contributed by atoms with E-state index in [0.717, 1.165) is 18.7 Å². The molecule has 0 aromatic heterocycles. The van der Waals surface area contributed by atoms with Crippen LogP contribution in [0.15, 0.2) is 21.7 Å². The zero-order valence-corrected chi connectivity index (χ0v) is 15.6. The summed E-state index contributed by atoms with van der Waals surface area (Å²) in [6.07, 6.45) is 7.75. The van der Waals surface area contributed by atoms with Gasteiger partial charge in [0.05, 0.1) is 30.9 Å². The fraction of sp³-hybridized carbons (Fsp3) is 0.529. The first kappa shape index (κ1) is 18.7. The van der Waals surface area contributed by atoms with E-state index in [-0.39, 0.29) is 11.7 Å². The van der Waals surface area contributed by atoms with Gasteiger partial charge in [0, 0.05) is 0 Å². The van der Waals surface area contributed by atoms with E-state index in [2.05, 4.69) is 26.5 Å². The molecule has 0 atom stereocenters. The van der Waals surface area contributed by atoms with Crippen molar-refractivity contribution >= 4 is 28.1 Å². The highest BCUT2D eigenvalue weighted by Gasteiger charge is 2.15. The molecule has 6 nitrogen and oxygen atoms in total. The topological polar surface area (TPSA) is 75.4 Å². The molecular weight excluding hydrogens is 374 g/mol. The SMILES string of the molecule is COc1cc(/C=N/NC(=O)C[NH+]2CCCCCCC2)cc(Br)c1O. The summed E-state index contributed by atoms with van der Waals surface area (Å²) in [5.74, 6) is 0.313. The summed E-state index contributed by atoms with van der Waals surface area (Å²) in [4.78, 5) is 13.4. The number of quaternary nitrogens is 1. The van der Waals surface area contributed by atoms with Crippen molar-refractivity contribution in [1.29, 1.82) is 0 Å². The smallest absolute Gasteiger partial charge is 0.295 e. The lowest BCUT2D eigenvalue weighted by atomic mass is 10.1. The largest absolute Gasteiger partial charge is 0.503 e. The molecule has 1 aliphatic heterocycles. The molecule has 0 saturated carbocycles. The minimum atomic E-state index is -0.0772. The van der Waals surface area contributed by atoms with E-state index in [1.54, 1.807) is 12.1 Å². The van der Waals surface area contributed by atoms with Crippen LogP contribution in [0.1, 0.15) is 37.7 Å². The lowest BCUT2D eigenvalue weighted by Crippen LogP contribution is -3.13. The number of aromatic hydroxyl groups is 1. The number of hydrazone groups is 1. The van der Waals surface area contributed by atoms with Gasteiger partial charge in [0.2, 0.25) is 0 Å². The molecule has 0 radical (unpaired) electrons. The van der Waals surface area contributed by atoms with Crippen molar-refractivity contribution in [2.24, 2.45) is 5.10 Å². The van der Waals surface area contributed by atoms with Crippen LogP contribution in [-0.2, 0) is 4.79 Å². The van der Waals surface area contributed by atoms with E-state index in [1.807, 2.05) is 0 Å². The maximum atomic E-state index is 12.0. The van der Waals surface area contributed by atoms with Crippen molar-refractivity contribution in [2.45, 2.75) is 32.1 Å². The molecule has 1 amide bonds. The third kappa shape index (κ3) is 5.79. The summed E-state index contributed by atoms with van der Waals surface area (Å²) < 4.78 is 5.60. The fourth-order valence-corrected chi connectivity index (χ4v) is 3.31. The van der Waals surface area contributed by atoms with E-state index in [4.69, 9.17) is 4.74 Å². The number of hydrogen-bond donors (Lipinski definition) is 3. The second-order valence-corrected chi connectivity index (χ2v) is 6.90. The van der Waals surface area contributed by atoms with Gasteiger partial charge in [0.1, 0.15) is 0 Å². The maximum Gasteiger partial charge on any atom is 0.295 e. The first-order chi connectivity index (χ1) is 11.6. The van der Waals surface area contributed by atoms with Gasteiger partial charge in [-0.3, -0.25) is 4.79 Å². The van der Waals surface area contributed by atoms with Gasteiger partial charge in [-0.2, -0.15) is 5.10 Å². The fourth-order valence-electron chi connectivity index (χ4n) is 2.85.